The smallest absolute Gasteiger partial charge is 0.262 e. The van der Waals surface area contributed by atoms with Crippen LogP contribution < -0.4 is 0 Å². The zero-order valence-corrected chi connectivity index (χ0v) is 13.3. The number of imide groups is 1. The van der Waals surface area contributed by atoms with Gasteiger partial charge in [-0.3, -0.25) is 14.5 Å². The molecular weight excluding hydrogens is 312 g/mol. The summed E-state index contributed by atoms with van der Waals surface area (Å²) in [6.45, 7) is 0.289. The Bertz CT molecular complexity index is 1160. The van der Waals surface area contributed by atoms with E-state index >= 15 is 0 Å². The second-order valence-electron chi connectivity index (χ2n) is 6.26. The monoisotopic (exact) mass is 326 g/mol. The van der Waals surface area contributed by atoms with Crippen molar-refractivity contribution in [3.63, 3.8) is 0 Å². The zero-order valence-electron chi connectivity index (χ0n) is 13.3. The van der Waals surface area contributed by atoms with Crippen LogP contribution in [0.5, 0.6) is 0 Å². The Morgan fingerprint density at radius 3 is 2.36 bits per heavy atom. The Hall–Kier alpha value is -3.40. The minimum absolute atomic E-state index is 0.223. The van der Waals surface area contributed by atoms with Crippen LogP contribution in [-0.2, 0) is 6.54 Å². The summed E-state index contributed by atoms with van der Waals surface area (Å²) in [4.78, 5) is 30.5. The number of nitrogens with one attached hydrogen (secondary N) is 1. The fourth-order valence-corrected chi connectivity index (χ4v) is 3.62. The van der Waals surface area contributed by atoms with Crippen LogP contribution >= 0.6 is 0 Å². The van der Waals surface area contributed by atoms with Crippen molar-refractivity contribution < 1.29 is 9.59 Å². The predicted molar refractivity (Wildman–Crippen MR) is 96.5 cm³/mol. The molecule has 4 nitrogen and oxygen atoms in total. The van der Waals surface area contributed by atoms with Crippen LogP contribution in [0.15, 0.2) is 66.7 Å². The topological polar surface area (TPSA) is 53.2 Å². The van der Waals surface area contributed by atoms with E-state index in [1.807, 2.05) is 60.7 Å². The van der Waals surface area contributed by atoms with Gasteiger partial charge in [0.15, 0.2) is 0 Å². The van der Waals surface area contributed by atoms with E-state index in [2.05, 4.69) is 4.98 Å². The lowest BCUT2D eigenvalue weighted by Crippen LogP contribution is -2.29. The first kappa shape index (κ1) is 14.0. The summed E-state index contributed by atoms with van der Waals surface area (Å²) < 4.78 is 0. The van der Waals surface area contributed by atoms with Gasteiger partial charge in [-0.1, -0.05) is 48.5 Å². The van der Waals surface area contributed by atoms with Gasteiger partial charge in [0, 0.05) is 21.8 Å². The molecule has 1 aliphatic rings. The van der Waals surface area contributed by atoms with Crippen LogP contribution in [0.1, 0.15) is 26.3 Å². The fourth-order valence-electron chi connectivity index (χ4n) is 3.62. The molecule has 0 aliphatic carbocycles. The largest absolute Gasteiger partial charge is 0.354 e. The lowest BCUT2D eigenvalue weighted by Gasteiger charge is -2.13. The van der Waals surface area contributed by atoms with Crippen molar-refractivity contribution in [1.29, 1.82) is 0 Å². The molecule has 1 N–H and O–H groups in total. The number of H-pyrrole nitrogens is 1. The van der Waals surface area contributed by atoms with Gasteiger partial charge in [0.1, 0.15) is 0 Å². The molecule has 0 saturated carbocycles. The molecule has 0 spiro atoms. The molecule has 0 fully saturated rings. The van der Waals surface area contributed by atoms with Crippen LogP contribution in [0, 0.1) is 0 Å². The Balaban J connectivity index is 1.70. The van der Waals surface area contributed by atoms with Crippen LogP contribution in [0.25, 0.3) is 21.8 Å². The van der Waals surface area contributed by atoms with Crippen molar-refractivity contribution in [1.82, 2.24) is 9.88 Å². The second kappa shape index (κ2) is 5.05. The van der Waals surface area contributed by atoms with Crippen molar-refractivity contribution in [2.75, 3.05) is 0 Å². The van der Waals surface area contributed by atoms with Gasteiger partial charge >= 0.3 is 0 Å². The van der Waals surface area contributed by atoms with Crippen LogP contribution in [0.2, 0.25) is 0 Å². The number of aromatic nitrogens is 1. The molecule has 120 valence electrons. The first-order chi connectivity index (χ1) is 12.2. The maximum atomic E-state index is 13.1. The maximum absolute atomic E-state index is 13.1. The number of amides is 2. The molecule has 3 aromatic carbocycles. The number of para-hydroxylation sites is 1. The van der Waals surface area contributed by atoms with Crippen LogP contribution in [0.3, 0.4) is 0 Å². The van der Waals surface area contributed by atoms with E-state index < -0.39 is 0 Å². The summed E-state index contributed by atoms with van der Waals surface area (Å²) in [7, 11) is 0. The minimum atomic E-state index is -0.226. The number of hydrogen-bond acceptors (Lipinski definition) is 2. The van der Waals surface area contributed by atoms with Gasteiger partial charge in [0.2, 0.25) is 0 Å². The van der Waals surface area contributed by atoms with Crippen LogP contribution in [-0.4, -0.2) is 21.7 Å². The summed E-state index contributed by atoms with van der Waals surface area (Å²) in [5.41, 5.74) is 3.77. The van der Waals surface area contributed by atoms with E-state index in [9.17, 15) is 9.59 Å². The average molecular weight is 326 g/mol. The van der Waals surface area contributed by atoms with E-state index in [0.717, 1.165) is 27.4 Å². The summed E-state index contributed by atoms with van der Waals surface area (Å²) in [6, 6.07) is 21.1. The number of nitrogens with zero attached hydrogens (tertiary/aromatic N) is 1. The predicted octanol–water partition coefficient (Wildman–Crippen LogP) is 4.12. The number of carbonyl (C=O) groups is 2. The molecule has 0 unspecified atom stereocenters. The number of hydrogen-bond donors (Lipinski definition) is 1. The number of aromatic amines is 1. The molecule has 0 saturated heterocycles. The molecule has 4 aromatic rings. The third-order valence-electron chi connectivity index (χ3n) is 4.79. The summed E-state index contributed by atoms with van der Waals surface area (Å²) in [5.74, 6) is -0.449. The SMILES string of the molecule is O=C1c2ccc3[nH]c4ccccc4c3c2C(=O)N1Cc1ccccc1. The van der Waals surface area contributed by atoms with E-state index in [4.69, 9.17) is 0 Å². The molecule has 4 heteroatoms. The molecule has 5 rings (SSSR count). The van der Waals surface area contributed by atoms with Gasteiger partial charge in [-0.2, -0.15) is 0 Å². The van der Waals surface area contributed by atoms with Gasteiger partial charge in [-0.05, 0) is 23.8 Å². The molecule has 0 atom stereocenters. The highest BCUT2D eigenvalue weighted by molar-refractivity contribution is 6.29. The van der Waals surface area contributed by atoms with Crippen LogP contribution in [0.4, 0.5) is 0 Å². The third-order valence-corrected chi connectivity index (χ3v) is 4.79. The summed E-state index contributed by atoms with van der Waals surface area (Å²) in [6.07, 6.45) is 0. The number of fused-ring (bicyclic) bond motifs is 5. The Morgan fingerprint density at radius 2 is 1.52 bits per heavy atom. The minimum Gasteiger partial charge on any atom is -0.354 e. The average Bonchev–Trinajstić information content (AvgIpc) is 3.13. The highest BCUT2D eigenvalue weighted by Crippen LogP contribution is 2.35. The lowest BCUT2D eigenvalue weighted by atomic mass is 10.0. The normalized spacial score (nSPS) is 13.8. The van der Waals surface area contributed by atoms with E-state index in [1.165, 1.54) is 4.90 Å². The standard InChI is InChI=1S/C21H14N2O2/c24-20-15-10-11-17-18(14-8-4-5-9-16(14)22-17)19(15)21(25)23(20)12-13-6-2-1-3-7-13/h1-11,22H,12H2. The molecule has 1 aromatic heterocycles. The quantitative estimate of drug-likeness (QED) is 0.563. The van der Waals surface area contributed by atoms with Gasteiger partial charge in [0.25, 0.3) is 11.8 Å². The molecular formula is C21H14N2O2. The van der Waals surface area contributed by atoms with Gasteiger partial charge in [0.05, 0.1) is 17.7 Å². The molecule has 25 heavy (non-hydrogen) atoms. The summed E-state index contributed by atoms with van der Waals surface area (Å²) in [5, 5.41) is 1.80. The summed E-state index contributed by atoms with van der Waals surface area (Å²) >= 11 is 0. The van der Waals surface area contributed by atoms with Crippen molar-refractivity contribution in [3.05, 3.63) is 83.4 Å². The van der Waals surface area contributed by atoms with Crippen molar-refractivity contribution >= 4 is 33.6 Å². The highest BCUT2D eigenvalue weighted by atomic mass is 16.2. The van der Waals surface area contributed by atoms with Gasteiger partial charge in [-0.25, -0.2) is 0 Å². The first-order valence-electron chi connectivity index (χ1n) is 8.17. The molecule has 1 aliphatic heterocycles. The third kappa shape index (κ3) is 1.94. The van der Waals surface area contributed by atoms with Crippen molar-refractivity contribution in [3.8, 4) is 0 Å². The van der Waals surface area contributed by atoms with Gasteiger partial charge in [-0.15, -0.1) is 0 Å². The zero-order chi connectivity index (χ0) is 17.0. The molecule has 0 radical (unpaired) electrons. The number of carbonyl (C=O) groups excluding carboxylic acids is 2. The Morgan fingerprint density at radius 1 is 0.760 bits per heavy atom. The van der Waals surface area contributed by atoms with Crippen molar-refractivity contribution in [2.24, 2.45) is 0 Å². The van der Waals surface area contributed by atoms with E-state index in [-0.39, 0.29) is 18.4 Å². The Kier molecular flexibility index (Phi) is 2.82. The number of rotatable bonds is 2. The number of benzene rings is 3. The van der Waals surface area contributed by atoms with E-state index in [1.54, 1.807) is 6.07 Å². The molecule has 2 amide bonds. The van der Waals surface area contributed by atoms with Gasteiger partial charge < -0.3 is 4.98 Å². The molecule has 0 bridgehead atoms. The Labute approximate surface area is 143 Å². The fraction of sp³-hybridized carbons (Fsp3) is 0.0476. The lowest BCUT2D eigenvalue weighted by molar-refractivity contribution is 0.0643. The molecule has 2 heterocycles. The van der Waals surface area contributed by atoms with Crippen molar-refractivity contribution in [2.45, 2.75) is 6.54 Å². The maximum Gasteiger partial charge on any atom is 0.262 e. The van der Waals surface area contributed by atoms with E-state index in [0.29, 0.717) is 11.1 Å². The second-order valence-corrected chi connectivity index (χ2v) is 6.26. The highest BCUT2D eigenvalue weighted by Gasteiger charge is 2.37. The first-order valence-corrected chi connectivity index (χ1v) is 8.17.